The lowest BCUT2D eigenvalue weighted by molar-refractivity contribution is 0.0453. The highest BCUT2D eigenvalue weighted by Crippen LogP contribution is 2.16. The number of nitrogens with one attached hydrogen (secondary N) is 2. The monoisotopic (exact) mass is 532 g/mol. The van der Waals surface area contributed by atoms with Crippen LogP contribution in [0.5, 0.6) is 0 Å². The third-order valence-electron chi connectivity index (χ3n) is 5.37. The first-order chi connectivity index (χ1) is 14.2. The van der Waals surface area contributed by atoms with Gasteiger partial charge in [0.1, 0.15) is 0 Å². The van der Waals surface area contributed by atoms with Gasteiger partial charge in [-0.25, -0.2) is 0 Å². The normalized spacial score (nSPS) is 17.4. The van der Waals surface area contributed by atoms with Crippen molar-refractivity contribution in [3.8, 4) is 0 Å². The van der Waals surface area contributed by atoms with Crippen LogP contribution >= 0.6 is 24.0 Å². The molecule has 0 spiro atoms. The maximum absolute atomic E-state index is 5.66. The van der Waals surface area contributed by atoms with E-state index in [4.69, 9.17) is 9.47 Å². The first kappa shape index (κ1) is 27.1. The van der Waals surface area contributed by atoms with Gasteiger partial charge in [0.05, 0.1) is 19.8 Å². The Morgan fingerprint density at radius 2 is 1.97 bits per heavy atom. The second-order valence-electron chi connectivity index (χ2n) is 7.66. The Kier molecular flexibility index (Phi) is 15.2. The molecule has 30 heavy (non-hydrogen) atoms. The number of likely N-dealkylation sites (tertiary alicyclic amines) is 1. The summed E-state index contributed by atoms with van der Waals surface area (Å²) in [6, 6.07) is 9.21. The second kappa shape index (κ2) is 16.8. The average Bonchev–Trinajstić information content (AvgIpc) is 2.74. The van der Waals surface area contributed by atoms with E-state index in [-0.39, 0.29) is 24.0 Å². The smallest absolute Gasteiger partial charge is 0.191 e. The van der Waals surface area contributed by atoms with Crippen molar-refractivity contribution in [1.29, 1.82) is 0 Å². The molecule has 1 unspecified atom stereocenters. The van der Waals surface area contributed by atoms with E-state index in [9.17, 15) is 0 Å². The van der Waals surface area contributed by atoms with Crippen LogP contribution in [0.25, 0.3) is 0 Å². The van der Waals surface area contributed by atoms with E-state index in [1.54, 1.807) is 0 Å². The molecule has 2 rings (SSSR count). The van der Waals surface area contributed by atoms with E-state index in [1.165, 1.54) is 36.9 Å². The Morgan fingerprint density at radius 1 is 1.17 bits per heavy atom. The number of nitrogens with zero attached hydrogens (tertiary/aromatic N) is 2. The van der Waals surface area contributed by atoms with Crippen LogP contribution in [0, 0.1) is 0 Å². The summed E-state index contributed by atoms with van der Waals surface area (Å²) < 4.78 is 11.0. The molecule has 1 aromatic rings. The Labute approximate surface area is 200 Å². The quantitative estimate of drug-likeness (QED) is 0.186. The van der Waals surface area contributed by atoms with Crippen molar-refractivity contribution in [3.63, 3.8) is 0 Å². The van der Waals surface area contributed by atoms with Crippen molar-refractivity contribution in [3.05, 3.63) is 35.4 Å². The highest BCUT2D eigenvalue weighted by molar-refractivity contribution is 14.0. The zero-order chi connectivity index (χ0) is 20.7. The molecule has 1 aliphatic heterocycles. The lowest BCUT2D eigenvalue weighted by Crippen LogP contribution is -2.41. The van der Waals surface area contributed by atoms with Crippen LogP contribution in [0.2, 0.25) is 0 Å². The summed E-state index contributed by atoms with van der Waals surface area (Å²) in [5, 5.41) is 6.84. The van der Waals surface area contributed by atoms with Gasteiger partial charge in [-0.1, -0.05) is 30.7 Å². The molecule has 1 fully saturated rings. The predicted octanol–water partition coefficient (Wildman–Crippen LogP) is 3.79. The van der Waals surface area contributed by atoms with Gasteiger partial charge in [0.25, 0.3) is 0 Å². The van der Waals surface area contributed by atoms with Crippen LogP contribution in [0.4, 0.5) is 0 Å². The summed E-state index contributed by atoms with van der Waals surface area (Å²) in [6.45, 7) is 11.1. The van der Waals surface area contributed by atoms with Crippen molar-refractivity contribution in [2.45, 2.75) is 58.7 Å². The van der Waals surface area contributed by atoms with E-state index in [1.807, 2.05) is 14.0 Å². The maximum atomic E-state index is 5.66. The van der Waals surface area contributed by atoms with E-state index in [2.05, 4.69) is 51.7 Å². The molecule has 1 saturated heterocycles. The maximum Gasteiger partial charge on any atom is 0.191 e. The van der Waals surface area contributed by atoms with E-state index in [0.29, 0.717) is 19.8 Å². The summed E-state index contributed by atoms with van der Waals surface area (Å²) in [7, 11) is 1.82. The van der Waals surface area contributed by atoms with Crippen molar-refractivity contribution in [1.82, 2.24) is 15.5 Å². The summed E-state index contributed by atoms with van der Waals surface area (Å²) in [4.78, 5) is 6.96. The van der Waals surface area contributed by atoms with E-state index >= 15 is 0 Å². The van der Waals surface area contributed by atoms with E-state index in [0.717, 1.165) is 44.7 Å². The van der Waals surface area contributed by atoms with Gasteiger partial charge < -0.3 is 25.0 Å². The number of ether oxygens (including phenoxy) is 2. The number of hydrogen-bond acceptors (Lipinski definition) is 4. The Bertz CT molecular complexity index is 600. The van der Waals surface area contributed by atoms with Crippen LogP contribution in [-0.4, -0.2) is 63.4 Å². The molecule has 6 nitrogen and oxygen atoms in total. The molecule has 172 valence electrons. The lowest BCUT2D eigenvalue weighted by atomic mass is 10.0. The molecule has 0 amide bonds. The van der Waals surface area contributed by atoms with Gasteiger partial charge in [-0.15, -0.1) is 24.0 Å². The molecule has 7 heteroatoms. The van der Waals surface area contributed by atoms with Crippen LogP contribution < -0.4 is 10.6 Å². The Balaban J connectivity index is 0.00000450. The van der Waals surface area contributed by atoms with Crippen LogP contribution in [0.3, 0.4) is 0 Å². The van der Waals surface area contributed by atoms with Gasteiger partial charge in [0.15, 0.2) is 5.96 Å². The molecule has 1 aliphatic rings. The van der Waals surface area contributed by atoms with Gasteiger partial charge in [-0.3, -0.25) is 4.99 Å². The van der Waals surface area contributed by atoms with Crippen LogP contribution in [-0.2, 0) is 22.6 Å². The second-order valence-corrected chi connectivity index (χ2v) is 7.66. The SMILES string of the molecule is CCOCCOCc1cccc(CNC(=NC)NCCCN2CCCCC2C)c1.I. The molecule has 0 aromatic heterocycles. The van der Waals surface area contributed by atoms with Gasteiger partial charge in [0, 0.05) is 39.3 Å². The lowest BCUT2D eigenvalue weighted by Gasteiger charge is -2.33. The van der Waals surface area contributed by atoms with Gasteiger partial charge in [0.2, 0.25) is 0 Å². The number of benzene rings is 1. The van der Waals surface area contributed by atoms with Crippen molar-refractivity contribution in [2.24, 2.45) is 4.99 Å². The number of rotatable bonds is 12. The average molecular weight is 533 g/mol. The number of piperidine rings is 1. The molecule has 1 heterocycles. The molecular formula is C23H41IN4O2. The number of guanidine groups is 1. The molecular weight excluding hydrogens is 491 g/mol. The molecule has 2 N–H and O–H groups in total. The minimum Gasteiger partial charge on any atom is -0.379 e. The number of aliphatic imine (C=N–C) groups is 1. The molecule has 1 aromatic carbocycles. The van der Waals surface area contributed by atoms with Crippen molar-refractivity contribution >= 4 is 29.9 Å². The zero-order valence-electron chi connectivity index (χ0n) is 19.0. The fraction of sp³-hybridized carbons (Fsp3) is 0.696. The summed E-state index contributed by atoms with van der Waals surface area (Å²) in [6.07, 6.45) is 5.21. The molecule has 0 bridgehead atoms. The Hall–Kier alpha value is -0.900. The van der Waals surface area contributed by atoms with Crippen molar-refractivity contribution in [2.75, 3.05) is 46.5 Å². The molecule has 0 saturated carbocycles. The minimum absolute atomic E-state index is 0. The van der Waals surface area contributed by atoms with E-state index < -0.39 is 0 Å². The fourth-order valence-electron chi connectivity index (χ4n) is 3.67. The third kappa shape index (κ3) is 10.9. The summed E-state index contributed by atoms with van der Waals surface area (Å²) >= 11 is 0. The first-order valence-corrected chi connectivity index (χ1v) is 11.1. The topological polar surface area (TPSA) is 58.1 Å². The van der Waals surface area contributed by atoms with Crippen molar-refractivity contribution < 1.29 is 9.47 Å². The number of hydrogen-bond donors (Lipinski definition) is 2. The third-order valence-corrected chi connectivity index (χ3v) is 5.37. The zero-order valence-corrected chi connectivity index (χ0v) is 21.3. The largest absolute Gasteiger partial charge is 0.379 e. The molecule has 0 radical (unpaired) electrons. The summed E-state index contributed by atoms with van der Waals surface area (Å²) in [5.41, 5.74) is 2.40. The van der Waals surface area contributed by atoms with Gasteiger partial charge >= 0.3 is 0 Å². The van der Waals surface area contributed by atoms with Crippen LogP contribution in [0.15, 0.2) is 29.3 Å². The summed E-state index contributed by atoms with van der Waals surface area (Å²) in [5.74, 6) is 0.857. The standard InChI is InChI=1S/C23H40N4O2.HI/c1-4-28-15-16-29-19-22-11-7-10-21(17-22)18-26-23(24-3)25-12-8-14-27-13-6-5-9-20(27)2;/h7,10-11,17,20H,4-6,8-9,12-16,18-19H2,1-3H3,(H2,24,25,26);1H. The fourth-order valence-corrected chi connectivity index (χ4v) is 3.67. The van der Waals surface area contributed by atoms with Crippen LogP contribution in [0.1, 0.15) is 50.7 Å². The highest BCUT2D eigenvalue weighted by Gasteiger charge is 2.17. The van der Waals surface area contributed by atoms with Gasteiger partial charge in [-0.2, -0.15) is 0 Å². The highest BCUT2D eigenvalue weighted by atomic mass is 127. The van der Waals surface area contributed by atoms with Gasteiger partial charge in [-0.05, 0) is 50.8 Å². The predicted molar refractivity (Wildman–Crippen MR) is 136 cm³/mol. The minimum atomic E-state index is 0. The Morgan fingerprint density at radius 3 is 2.73 bits per heavy atom. The molecule has 1 atom stereocenters. The first-order valence-electron chi connectivity index (χ1n) is 11.1. The molecule has 0 aliphatic carbocycles. The number of halogens is 1.